The van der Waals surface area contributed by atoms with E-state index in [0.717, 1.165) is 30.6 Å². The Morgan fingerprint density at radius 1 is 1.18 bits per heavy atom. The van der Waals surface area contributed by atoms with Crippen LogP contribution in [0.15, 0.2) is 29.2 Å². The van der Waals surface area contributed by atoms with Crippen LogP contribution in [0.5, 0.6) is 0 Å². The first-order valence-electron chi connectivity index (χ1n) is 8.87. The van der Waals surface area contributed by atoms with Crippen LogP contribution >= 0.6 is 11.3 Å². The lowest BCUT2D eigenvalue weighted by atomic mass is 10.2. The summed E-state index contributed by atoms with van der Waals surface area (Å²) in [6, 6.07) is 5.95. The highest BCUT2D eigenvalue weighted by Gasteiger charge is 2.28. The van der Waals surface area contributed by atoms with Crippen molar-refractivity contribution in [1.29, 1.82) is 0 Å². The maximum atomic E-state index is 13.0. The smallest absolute Gasteiger partial charge is 0.283 e. The average molecular weight is 424 g/mol. The molecule has 0 spiro atoms. The number of nitrogens with one attached hydrogen (secondary N) is 1. The number of nitro groups is 1. The fourth-order valence-corrected chi connectivity index (χ4v) is 5.81. The molecule has 1 aliphatic heterocycles. The van der Waals surface area contributed by atoms with Crippen molar-refractivity contribution in [3.05, 3.63) is 49.7 Å². The molecule has 1 N–H and O–H groups in total. The van der Waals surface area contributed by atoms with E-state index in [1.165, 1.54) is 16.4 Å². The summed E-state index contributed by atoms with van der Waals surface area (Å²) >= 11 is 1.03. The lowest BCUT2D eigenvalue weighted by Crippen LogP contribution is -2.36. The van der Waals surface area contributed by atoms with E-state index in [-0.39, 0.29) is 15.5 Å². The number of hydrogen-bond donors (Lipinski definition) is 1. The Kier molecular flexibility index (Phi) is 5.82. The van der Waals surface area contributed by atoms with Gasteiger partial charge in [-0.15, -0.1) is 11.3 Å². The van der Waals surface area contributed by atoms with Crippen molar-refractivity contribution in [2.45, 2.75) is 38.0 Å². The monoisotopic (exact) mass is 423 g/mol. The van der Waals surface area contributed by atoms with Crippen LogP contribution in [0.3, 0.4) is 0 Å². The first kappa shape index (κ1) is 20.4. The third-order valence-corrected chi connectivity index (χ3v) is 7.77. The minimum absolute atomic E-state index is 0.104. The Balaban J connectivity index is 1.86. The summed E-state index contributed by atoms with van der Waals surface area (Å²) in [6.07, 6.45) is 2.70. The van der Waals surface area contributed by atoms with Crippen molar-refractivity contribution < 1.29 is 18.1 Å². The Hall–Kier alpha value is -2.30. The van der Waals surface area contributed by atoms with E-state index < -0.39 is 20.9 Å². The van der Waals surface area contributed by atoms with Crippen molar-refractivity contribution >= 4 is 38.6 Å². The fraction of sp³-hybridized carbons (Fsp3) is 0.389. The Bertz CT molecular complexity index is 1020. The molecule has 1 saturated heterocycles. The first-order valence-corrected chi connectivity index (χ1v) is 11.1. The van der Waals surface area contributed by atoms with Gasteiger partial charge in [0.15, 0.2) is 0 Å². The topological polar surface area (TPSA) is 110 Å². The summed E-state index contributed by atoms with van der Waals surface area (Å²) in [5.74, 6) is -0.508. The minimum atomic E-state index is -3.63. The van der Waals surface area contributed by atoms with Crippen molar-refractivity contribution in [3.8, 4) is 0 Å². The van der Waals surface area contributed by atoms with Gasteiger partial charge in [-0.25, -0.2) is 8.42 Å². The second-order valence-electron chi connectivity index (χ2n) is 6.71. The zero-order valence-corrected chi connectivity index (χ0v) is 17.2. The maximum absolute atomic E-state index is 13.0. The highest BCUT2D eigenvalue weighted by atomic mass is 32.2. The van der Waals surface area contributed by atoms with Gasteiger partial charge in [0.25, 0.3) is 11.6 Å². The standard InChI is InChI=1S/C18H21N3O5S2/c1-12-6-7-14(10-17(12)28(25,26)20-8-4-3-5-9-20)19-18(22)16-11-15(21(23)24)13(2)27-16/h6-7,10-11H,3-5,8-9H2,1-2H3,(H,19,22). The molecule has 2 aromatic rings. The van der Waals surface area contributed by atoms with Crippen molar-refractivity contribution in [1.82, 2.24) is 4.31 Å². The number of carbonyl (C=O) groups is 1. The molecule has 150 valence electrons. The molecule has 28 heavy (non-hydrogen) atoms. The van der Waals surface area contributed by atoms with E-state index in [9.17, 15) is 23.3 Å². The number of sulfonamides is 1. The summed E-state index contributed by atoms with van der Waals surface area (Å²) in [5, 5.41) is 13.6. The molecule has 0 unspecified atom stereocenters. The molecule has 3 rings (SSSR count). The molecular weight excluding hydrogens is 402 g/mol. The second-order valence-corrected chi connectivity index (χ2v) is 9.87. The van der Waals surface area contributed by atoms with Crippen LogP contribution in [0.4, 0.5) is 11.4 Å². The Morgan fingerprint density at radius 3 is 2.46 bits per heavy atom. The molecule has 0 bridgehead atoms. The number of nitrogens with zero attached hydrogens (tertiary/aromatic N) is 2. The molecule has 0 radical (unpaired) electrons. The normalized spacial score (nSPS) is 15.4. The van der Waals surface area contributed by atoms with Crippen LogP contribution in [-0.2, 0) is 10.0 Å². The SMILES string of the molecule is Cc1ccc(NC(=O)c2cc([N+](=O)[O-])c(C)s2)cc1S(=O)(=O)N1CCCCC1. The zero-order valence-electron chi connectivity index (χ0n) is 15.6. The third kappa shape index (κ3) is 4.08. The molecule has 0 atom stereocenters. The molecule has 1 amide bonds. The highest BCUT2D eigenvalue weighted by Crippen LogP contribution is 2.30. The van der Waals surface area contributed by atoms with E-state index in [2.05, 4.69) is 5.32 Å². The van der Waals surface area contributed by atoms with Gasteiger partial charge in [-0.05, 0) is 44.4 Å². The molecule has 10 heteroatoms. The van der Waals surface area contributed by atoms with Crippen LogP contribution < -0.4 is 5.32 Å². The summed E-state index contributed by atoms with van der Waals surface area (Å²) in [7, 11) is -3.63. The third-order valence-electron chi connectivity index (χ3n) is 4.69. The van der Waals surface area contributed by atoms with Crippen molar-refractivity contribution in [3.63, 3.8) is 0 Å². The van der Waals surface area contributed by atoms with Gasteiger partial charge < -0.3 is 5.32 Å². The number of amides is 1. The van der Waals surface area contributed by atoms with Gasteiger partial charge in [0, 0.05) is 24.8 Å². The quantitative estimate of drug-likeness (QED) is 0.582. The number of carbonyl (C=O) groups excluding carboxylic acids is 1. The van der Waals surface area contributed by atoms with E-state index in [1.54, 1.807) is 26.0 Å². The van der Waals surface area contributed by atoms with Gasteiger partial charge in [0.05, 0.1) is 19.6 Å². The number of rotatable bonds is 5. The van der Waals surface area contributed by atoms with E-state index in [1.807, 2.05) is 0 Å². The molecule has 0 aliphatic carbocycles. The van der Waals surface area contributed by atoms with Crippen LogP contribution in [0.1, 0.15) is 39.4 Å². The fourth-order valence-electron chi connectivity index (χ4n) is 3.16. The van der Waals surface area contributed by atoms with Gasteiger partial charge in [-0.1, -0.05) is 12.5 Å². The number of benzene rings is 1. The van der Waals surface area contributed by atoms with Crippen molar-refractivity contribution in [2.24, 2.45) is 0 Å². The number of anilines is 1. The summed E-state index contributed by atoms with van der Waals surface area (Å²) in [4.78, 5) is 23.7. The molecule has 1 aromatic heterocycles. The summed E-state index contributed by atoms with van der Waals surface area (Å²) in [5.41, 5.74) is 0.832. The molecule has 1 fully saturated rings. The largest absolute Gasteiger partial charge is 0.321 e. The van der Waals surface area contributed by atoms with Crippen molar-refractivity contribution in [2.75, 3.05) is 18.4 Å². The van der Waals surface area contributed by atoms with Gasteiger partial charge in [0.1, 0.15) is 0 Å². The molecule has 8 nitrogen and oxygen atoms in total. The molecule has 1 aliphatic rings. The second kappa shape index (κ2) is 7.98. The molecule has 2 heterocycles. The van der Waals surface area contributed by atoms with E-state index >= 15 is 0 Å². The van der Waals surface area contributed by atoms with Gasteiger partial charge in [-0.3, -0.25) is 14.9 Å². The van der Waals surface area contributed by atoms with E-state index in [0.29, 0.717) is 29.2 Å². The first-order chi connectivity index (χ1) is 13.2. The summed E-state index contributed by atoms with van der Waals surface area (Å²) < 4.78 is 27.4. The average Bonchev–Trinajstić information content (AvgIpc) is 3.06. The Labute approximate surface area is 167 Å². The number of piperidine rings is 1. The maximum Gasteiger partial charge on any atom is 0.283 e. The van der Waals surface area contributed by atoms with Gasteiger partial charge >= 0.3 is 0 Å². The number of thiophene rings is 1. The summed E-state index contributed by atoms with van der Waals surface area (Å²) in [6.45, 7) is 4.29. The highest BCUT2D eigenvalue weighted by molar-refractivity contribution is 7.89. The number of hydrogen-bond acceptors (Lipinski definition) is 6. The van der Waals surface area contributed by atoms with E-state index in [4.69, 9.17) is 0 Å². The number of aryl methyl sites for hydroxylation is 2. The zero-order chi connectivity index (χ0) is 20.5. The molecule has 0 saturated carbocycles. The van der Waals surface area contributed by atoms with Crippen LogP contribution in [-0.4, -0.2) is 36.6 Å². The lowest BCUT2D eigenvalue weighted by molar-refractivity contribution is -0.385. The van der Waals surface area contributed by atoms with Crippen LogP contribution in [0.25, 0.3) is 0 Å². The molecule has 1 aromatic carbocycles. The van der Waals surface area contributed by atoms with Gasteiger partial charge in [0.2, 0.25) is 10.0 Å². The predicted octanol–water partition coefficient (Wildman–Crippen LogP) is 3.70. The van der Waals surface area contributed by atoms with Crippen LogP contribution in [0.2, 0.25) is 0 Å². The molecular formula is C18H21N3O5S2. The Morgan fingerprint density at radius 2 is 1.86 bits per heavy atom. The minimum Gasteiger partial charge on any atom is -0.321 e. The lowest BCUT2D eigenvalue weighted by Gasteiger charge is -2.26. The van der Waals surface area contributed by atoms with Crippen LogP contribution in [0, 0.1) is 24.0 Å². The van der Waals surface area contributed by atoms with Gasteiger partial charge in [-0.2, -0.15) is 4.31 Å². The predicted molar refractivity (Wildman–Crippen MR) is 107 cm³/mol.